The lowest BCUT2D eigenvalue weighted by Crippen LogP contribution is -2.58. The van der Waals surface area contributed by atoms with E-state index in [9.17, 15) is 9.59 Å². The van der Waals surface area contributed by atoms with Gasteiger partial charge in [-0.25, -0.2) is 0 Å². The summed E-state index contributed by atoms with van der Waals surface area (Å²) in [5.41, 5.74) is 6.45. The number of anilines is 2. The normalized spacial score (nSPS) is 17.2. The van der Waals surface area contributed by atoms with Gasteiger partial charge in [-0.3, -0.25) is 14.5 Å². The van der Waals surface area contributed by atoms with Crippen LogP contribution in [0.2, 0.25) is 0 Å². The number of nitrogens with zero attached hydrogens (tertiary/aromatic N) is 1. The topological polar surface area (TPSA) is 58.6 Å². The molecule has 5 rings (SSSR count). The Balaban J connectivity index is 1.59. The molecule has 2 aromatic rings. The Bertz CT molecular complexity index is 1530. The molecule has 3 aliphatic rings. The molecule has 0 aromatic heterocycles. The van der Waals surface area contributed by atoms with E-state index in [1.165, 1.54) is 17.3 Å². The molecule has 1 aliphatic heterocycles. The second-order valence-electron chi connectivity index (χ2n) is 10.7. The molecule has 2 amide bonds. The minimum absolute atomic E-state index is 0.203. The first-order valence-corrected chi connectivity index (χ1v) is 14.2. The Morgan fingerprint density at radius 1 is 0.974 bits per heavy atom. The molecular weight excluding hydrogens is 504 g/mol. The third-order valence-corrected chi connectivity index (χ3v) is 8.99. The molecule has 1 heterocycles. The molecule has 0 bridgehead atoms. The van der Waals surface area contributed by atoms with Crippen molar-refractivity contribution in [3.8, 4) is 16.9 Å². The van der Waals surface area contributed by atoms with Crippen molar-refractivity contribution < 1.29 is 14.3 Å². The molecule has 0 saturated carbocycles. The lowest BCUT2D eigenvalue weighted by atomic mass is 9.97. The van der Waals surface area contributed by atoms with Gasteiger partial charge >= 0.3 is 0 Å². The van der Waals surface area contributed by atoms with E-state index in [1.54, 1.807) is 12.0 Å². The highest BCUT2D eigenvalue weighted by Crippen LogP contribution is 2.42. The molecule has 200 valence electrons. The highest BCUT2D eigenvalue weighted by atomic mass is 32.2. The van der Waals surface area contributed by atoms with E-state index in [0.717, 1.165) is 32.8 Å². The van der Waals surface area contributed by atoms with Crippen LogP contribution in [0, 0.1) is 13.8 Å². The Labute approximate surface area is 234 Å². The van der Waals surface area contributed by atoms with Gasteiger partial charge in [-0.15, -0.1) is 11.8 Å². The van der Waals surface area contributed by atoms with Crippen LogP contribution in [0.3, 0.4) is 0 Å². The Morgan fingerprint density at radius 2 is 1.69 bits per heavy atom. The number of amides is 2. The summed E-state index contributed by atoms with van der Waals surface area (Å²) in [5, 5.41) is 3.25. The van der Waals surface area contributed by atoms with E-state index in [0.29, 0.717) is 28.7 Å². The lowest BCUT2D eigenvalue weighted by Gasteiger charge is -2.38. The van der Waals surface area contributed by atoms with Gasteiger partial charge < -0.3 is 10.1 Å². The quantitative estimate of drug-likeness (QED) is 0.283. The highest BCUT2D eigenvalue weighted by molar-refractivity contribution is 7.99. The van der Waals surface area contributed by atoms with E-state index in [2.05, 4.69) is 51.2 Å². The molecule has 0 spiro atoms. The molecule has 1 atom stereocenters. The van der Waals surface area contributed by atoms with Crippen LogP contribution >= 0.6 is 11.8 Å². The molecule has 1 unspecified atom stereocenters. The number of ether oxygens (including phenoxy) is 1. The zero-order valence-electron chi connectivity index (χ0n) is 23.3. The van der Waals surface area contributed by atoms with Crippen molar-refractivity contribution in [3.63, 3.8) is 0 Å². The molecule has 0 fully saturated rings. The van der Waals surface area contributed by atoms with Crippen LogP contribution in [-0.4, -0.2) is 30.2 Å². The fourth-order valence-corrected chi connectivity index (χ4v) is 6.43. The molecular formula is C33H34N2O3S. The maximum absolute atomic E-state index is 14.3. The van der Waals surface area contributed by atoms with Gasteiger partial charge in [0, 0.05) is 27.6 Å². The number of nitrogens with one attached hydrogen (secondary N) is 1. The van der Waals surface area contributed by atoms with Gasteiger partial charge in [-0.1, -0.05) is 44.2 Å². The Morgan fingerprint density at radius 3 is 2.38 bits per heavy atom. The smallest absolute Gasteiger partial charge is 0.260 e. The predicted octanol–water partition coefficient (Wildman–Crippen LogP) is 7.69. The third-order valence-electron chi connectivity index (χ3n) is 7.61. The van der Waals surface area contributed by atoms with E-state index < -0.39 is 5.54 Å². The summed E-state index contributed by atoms with van der Waals surface area (Å²) < 4.78 is 5.34. The largest absolute Gasteiger partial charge is 0.497 e. The number of carbonyl (C=O) groups is 2. The molecule has 0 radical (unpaired) electrons. The monoisotopic (exact) mass is 538 g/mol. The number of fused-ring (bicyclic) bond motifs is 2. The predicted molar refractivity (Wildman–Crippen MR) is 161 cm³/mol. The SMILES string of the molecule is COc1ccc(N2C(=O)c3ccccc3SCC2(C)C(=O)Nc2cc(C)c3cc(C(C)C)ccc(C)c2-3)cc1. The minimum atomic E-state index is -1.17. The van der Waals surface area contributed by atoms with Crippen molar-refractivity contribution in [2.75, 3.05) is 23.1 Å². The third kappa shape index (κ3) is 4.78. The molecule has 39 heavy (non-hydrogen) atoms. The first kappa shape index (κ1) is 26.8. The first-order valence-electron chi connectivity index (χ1n) is 13.2. The van der Waals surface area contributed by atoms with Crippen LogP contribution in [0.5, 0.6) is 5.75 Å². The zero-order valence-corrected chi connectivity index (χ0v) is 24.1. The number of hydrogen-bond acceptors (Lipinski definition) is 4. The van der Waals surface area contributed by atoms with Crippen molar-refractivity contribution in [3.05, 3.63) is 95.1 Å². The zero-order chi connectivity index (χ0) is 27.9. The van der Waals surface area contributed by atoms with E-state index in [1.807, 2.05) is 61.5 Å². The highest BCUT2D eigenvalue weighted by Gasteiger charge is 2.46. The van der Waals surface area contributed by atoms with Crippen LogP contribution in [0.15, 0.2) is 77.7 Å². The van der Waals surface area contributed by atoms with Crippen LogP contribution in [-0.2, 0) is 4.79 Å². The maximum Gasteiger partial charge on any atom is 0.260 e. The fourth-order valence-electron chi connectivity index (χ4n) is 5.25. The van der Waals surface area contributed by atoms with Crippen LogP contribution in [0.1, 0.15) is 53.7 Å². The van der Waals surface area contributed by atoms with E-state index in [4.69, 9.17) is 4.74 Å². The van der Waals surface area contributed by atoms with Crippen molar-refractivity contribution in [2.24, 2.45) is 0 Å². The van der Waals surface area contributed by atoms with Crippen molar-refractivity contribution in [1.29, 1.82) is 0 Å². The lowest BCUT2D eigenvalue weighted by molar-refractivity contribution is -0.119. The number of aryl methyl sites for hydroxylation is 2. The summed E-state index contributed by atoms with van der Waals surface area (Å²) in [4.78, 5) is 30.9. The van der Waals surface area contributed by atoms with Crippen molar-refractivity contribution in [2.45, 2.75) is 51.0 Å². The molecule has 5 nitrogen and oxygen atoms in total. The van der Waals surface area contributed by atoms with Gasteiger partial charge in [0.25, 0.3) is 11.8 Å². The van der Waals surface area contributed by atoms with Gasteiger partial charge in [0.05, 0.1) is 12.7 Å². The minimum Gasteiger partial charge on any atom is -0.497 e. The Hall–Kier alpha value is -3.77. The number of hydrogen-bond donors (Lipinski definition) is 1. The van der Waals surface area contributed by atoms with Crippen LogP contribution in [0.25, 0.3) is 11.1 Å². The van der Waals surface area contributed by atoms with E-state index in [-0.39, 0.29) is 11.8 Å². The average Bonchev–Trinajstić information content (AvgIpc) is 3.05. The van der Waals surface area contributed by atoms with Gasteiger partial charge in [0.1, 0.15) is 11.3 Å². The number of carbonyl (C=O) groups excluding carboxylic acids is 2. The van der Waals surface area contributed by atoms with E-state index >= 15 is 0 Å². The number of methoxy groups -OCH3 is 1. The van der Waals surface area contributed by atoms with Gasteiger partial charge in [-0.2, -0.15) is 0 Å². The summed E-state index contributed by atoms with van der Waals surface area (Å²) >= 11 is 1.53. The second kappa shape index (κ2) is 10.4. The van der Waals surface area contributed by atoms with Gasteiger partial charge in [0.15, 0.2) is 0 Å². The summed E-state index contributed by atoms with van der Waals surface area (Å²) in [6.45, 7) is 10.4. The fraction of sp³-hybridized carbons (Fsp3) is 0.273. The Kier molecular flexibility index (Phi) is 7.17. The van der Waals surface area contributed by atoms with Gasteiger partial charge in [0.2, 0.25) is 0 Å². The number of benzene rings is 2. The summed E-state index contributed by atoms with van der Waals surface area (Å²) in [6.07, 6.45) is 0. The number of thioether (sulfide) groups is 1. The molecule has 1 N–H and O–H groups in total. The van der Waals surface area contributed by atoms with Crippen LogP contribution in [0.4, 0.5) is 11.4 Å². The second-order valence-corrected chi connectivity index (χ2v) is 11.7. The standard InChI is InChI=1S/C33H34N2O3S/c1-20(2)23-12-11-21(3)30-27(18-23)22(4)17-28(30)34-32(37)33(5)19-39-29-10-8-7-9-26(29)31(36)35(33)24-13-15-25(38-6)16-14-24/h7-18,20H,19H2,1-6H3,(H,34,37). The van der Waals surface area contributed by atoms with Gasteiger partial charge in [-0.05, 0) is 91.4 Å². The first-order chi connectivity index (χ1) is 18.6. The van der Waals surface area contributed by atoms with Crippen molar-refractivity contribution >= 4 is 35.0 Å². The molecule has 2 aromatic carbocycles. The molecule has 6 heteroatoms. The summed E-state index contributed by atoms with van der Waals surface area (Å²) in [5.74, 6) is 1.04. The number of rotatable bonds is 5. The van der Waals surface area contributed by atoms with Crippen molar-refractivity contribution in [1.82, 2.24) is 0 Å². The summed E-state index contributed by atoms with van der Waals surface area (Å²) in [6, 6.07) is 23.4. The summed E-state index contributed by atoms with van der Waals surface area (Å²) in [7, 11) is 1.61. The molecule has 2 aliphatic carbocycles. The molecule has 0 saturated heterocycles. The average molecular weight is 539 g/mol. The van der Waals surface area contributed by atoms with Crippen LogP contribution < -0.4 is 15.0 Å². The maximum atomic E-state index is 14.3.